The zero-order chi connectivity index (χ0) is 13.3. The number of nitrogens with zero attached hydrogens (tertiary/aromatic N) is 2. The number of anilines is 1. The number of nitrogens with one attached hydrogen (secondary N) is 1. The molecule has 0 fully saturated rings. The maximum absolute atomic E-state index is 5.55. The fourth-order valence-electron chi connectivity index (χ4n) is 2.40. The van der Waals surface area contributed by atoms with Crippen molar-refractivity contribution < 1.29 is 4.74 Å². The summed E-state index contributed by atoms with van der Waals surface area (Å²) in [5.74, 6) is 1.04. The molecule has 0 aliphatic heterocycles. The van der Waals surface area contributed by atoms with Crippen molar-refractivity contribution in [3.8, 4) is 0 Å². The number of rotatable bonds is 8. The minimum absolute atomic E-state index is 0.834. The van der Waals surface area contributed by atoms with E-state index in [1.54, 1.807) is 6.33 Å². The van der Waals surface area contributed by atoms with Gasteiger partial charge in [-0.2, -0.15) is 0 Å². The minimum atomic E-state index is 0.834. The summed E-state index contributed by atoms with van der Waals surface area (Å²) in [6.07, 6.45) is 9.81. The lowest BCUT2D eigenvalue weighted by Gasteiger charge is -2.17. The Hall–Kier alpha value is -1.16. The Labute approximate surface area is 116 Å². The molecule has 0 spiro atoms. The molecule has 0 saturated carbocycles. The fourth-order valence-corrected chi connectivity index (χ4v) is 2.40. The molecule has 0 atom stereocenters. The average molecular weight is 263 g/mol. The highest BCUT2D eigenvalue weighted by atomic mass is 16.5. The van der Waals surface area contributed by atoms with Gasteiger partial charge in [0.15, 0.2) is 0 Å². The topological polar surface area (TPSA) is 47.0 Å². The third-order valence-corrected chi connectivity index (χ3v) is 3.53. The molecular formula is C15H25N3O. The summed E-state index contributed by atoms with van der Waals surface area (Å²) in [5.41, 5.74) is 2.57. The van der Waals surface area contributed by atoms with Crippen molar-refractivity contribution in [2.45, 2.75) is 51.9 Å². The summed E-state index contributed by atoms with van der Waals surface area (Å²) in [6.45, 7) is 4.83. The molecule has 106 valence electrons. The standard InChI is InChI=1S/C15H25N3O/c1-2-3-10-19-11-6-9-16-15-13-7-4-5-8-14(13)17-12-18-15/h12H,2-11H2,1H3,(H,16,17,18). The molecule has 1 aromatic heterocycles. The second-order valence-corrected chi connectivity index (χ2v) is 5.10. The normalized spacial score (nSPS) is 14.2. The van der Waals surface area contributed by atoms with Gasteiger partial charge in [0.2, 0.25) is 0 Å². The van der Waals surface area contributed by atoms with Crippen LogP contribution in [0.25, 0.3) is 0 Å². The third kappa shape index (κ3) is 4.46. The van der Waals surface area contributed by atoms with Crippen molar-refractivity contribution in [1.82, 2.24) is 9.97 Å². The van der Waals surface area contributed by atoms with Crippen LogP contribution in [0, 0.1) is 0 Å². The van der Waals surface area contributed by atoms with Crippen LogP contribution in [0.4, 0.5) is 5.82 Å². The Morgan fingerprint density at radius 2 is 2.00 bits per heavy atom. The van der Waals surface area contributed by atoms with Gasteiger partial charge in [-0.3, -0.25) is 0 Å². The number of hydrogen-bond acceptors (Lipinski definition) is 4. The van der Waals surface area contributed by atoms with E-state index in [1.165, 1.54) is 30.5 Å². The molecule has 1 aromatic rings. The smallest absolute Gasteiger partial charge is 0.132 e. The van der Waals surface area contributed by atoms with Gasteiger partial charge in [-0.25, -0.2) is 9.97 Å². The maximum atomic E-state index is 5.55. The number of ether oxygens (including phenoxy) is 1. The predicted octanol–water partition coefficient (Wildman–Crippen LogP) is 2.97. The van der Waals surface area contributed by atoms with Gasteiger partial charge in [0.25, 0.3) is 0 Å². The second-order valence-electron chi connectivity index (χ2n) is 5.10. The second kappa shape index (κ2) is 8.10. The molecule has 0 bridgehead atoms. The van der Waals surface area contributed by atoms with Crippen LogP contribution in [-0.2, 0) is 17.6 Å². The molecule has 0 radical (unpaired) electrons. The van der Waals surface area contributed by atoms with Crippen molar-refractivity contribution >= 4 is 5.82 Å². The Bertz CT molecular complexity index is 382. The van der Waals surface area contributed by atoms with Crippen LogP contribution in [0.5, 0.6) is 0 Å². The lowest BCUT2D eigenvalue weighted by Crippen LogP contribution is -2.13. The first-order valence-corrected chi connectivity index (χ1v) is 7.56. The minimum Gasteiger partial charge on any atom is -0.381 e. The van der Waals surface area contributed by atoms with E-state index in [2.05, 4.69) is 22.2 Å². The van der Waals surface area contributed by atoms with E-state index >= 15 is 0 Å². The molecular weight excluding hydrogens is 238 g/mol. The van der Waals surface area contributed by atoms with Crippen LogP contribution >= 0.6 is 0 Å². The highest BCUT2D eigenvalue weighted by Crippen LogP contribution is 2.24. The van der Waals surface area contributed by atoms with Gasteiger partial charge in [0.1, 0.15) is 12.1 Å². The molecule has 1 N–H and O–H groups in total. The number of fused-ring (bicyclic) bond motifs is 1. The van der Waals surface area contributed by atoms with E-state index in [1.807, 2.05) is 0 Å². The van der Waals surface area contributed by atoms with Gasteiger partial charge in [-0.05, 0) is 38.5 Å². The first-order valence-electron chi connectivity index (χ1n) is 7.56. The van der Waals surface area contributed by atoms with Gasteiger partial charge in [-0.1, -0.05) is 13.3 Å². The predicted molar refractivity (Wildman–Crippen MR) is 77.5 cm³/mol. The van der Waals surface area contributed by atoms with Crippen LogP contribution in [0.2, 0.25) is 0 Å². The third-order valence-electron chi connectivity index (χ3n) is 3.53. The molecule has 4 heteroatoms. The molecule has 4 nitrogen and oxygen atoms in total. The molecule has 0 saturated heterocycles. The van der Waals surface area contributed by atoms with Crippen LogP contribution in [0.3, 0.4) is 0 Å². The summed E-state index contributed by atoms with van der Waals surface area (Å²) >= 11 is 0. The summed E-state index contributed by atoms with van der Waals surface area (Å²) < 4.78 is 5.55. The number of aryl methyl sites for hydroxylation is 1. The molecule has 0 aromatic carbocycles. The van der Waals surface area contributed by atoms with E-state index in [-0.39, 0.29) is 0 Å². The van der Waals surface area contributed by atoms with Gasteiger partial charge in [0.05, 0.1) is 0 Å². The summed E-state index contributed by atoms with van der Waals surface area (Å²) in [5, 5.41) is 3.43. The van der Waals surface area contributed by atoms with E-state index in [0.717, 1.165) is 51.3 Å². The van der Waals surface area contributed by atoms with Crippen LogP contribution in [-0.4, -0.2) is 29.7 Å². The molecule has 1 aliphatic rings. The van der Waals surface area contributed by atoms with Crippen molar-refractivity contribution in [2.75, 3.05) is 25.1 Å². The maximum Gasteiger partial charge on any atom is 0.132 e. The van der Waals surface area contributed by atoms with Crippen LogP contribution in [0.15, 0.2) is 6.33 Å². The Kier molecular flexibility index (Phi) is 6.08. The quantitative estimate of drug-likeness (QED) is 0.732. The molecule has 1 aliphatic carbocycles. The Balaban J connectivity index is 1.71. The van der Waals surface area contributed by atoms with E-state index in [4.69, 9.17) is 4.74 Å². The number of hydrogen-bond donors (Lipinski definition) is 1. The highest BCUT2D eigenvalue weighted by molar-refractivity contribution is 5.46. The average Bonchev–Trinajstić information content (AvgIpc) is 2.46. The van der Waals surface area contributed by atoms with E-state index in [0.29, 0.717) is 0 Å². The zero-order valence-electron chi connectivity index (χ0n) is 12.0. The Morgan fingerprint density at radius 1 is 1.16 bits per heavy atom. The number of unbranched alkanes of at least 4 members (excludes halogenated alkanes) is 1. The van der Waals surface area contributed by atoms with Gasteiger partial charge < -0.3 is 10.1 Å². The summed E-state index contributed by atoms with van der Waals surface area (Å²) in [6, 6.07) is 0. The molecule has 19 heavy (non-hydrogen) atoms. The molecule has 1 heterocycles. The van der Waals surface area contributed by atoms with Gasteiger partial charge >= 0.3 is 0 Å². The van der Waals surface area contributed by atoms with Crippen molar-refractivity contribution in [3.05, 3.63) is 17.6 Å². The fraction of sp³-hybridized carbons (Fsp3) is 0.733. The van der Waals surface area contributed by atoms with Gasteiger partial charge in [0, 0.05) is 31.0 Å². The summed E-state index contributed by atoms with van der Waals surface area (Å²) in [4.78, 5) is 8.76. The van der Waals surface area contributed by atoms with Gasteiger partial charge in [-0.15, -0.1) is 0 Å². The lowest BCUT2D eigenvalue weighted by atomic mass is 9.96. The molecule has 2 rings (SSSR count). The first-order chi connectivity index (χ1) is 9.42. The SMILES string of the molecule is CCCCOCCCNc1ncnc2c1CCCC2. The molecule has 0 unspecified atom stereocenters. The van der Waals surface area contributed by atoms with E-state index in [9.17, 15) is 0 Å². The van der Waals surface area contributed by atoms with Crippen molar-refractivity contribution in [3.63, 3.8) is 0 Å². The highest BCUT2D eigenvalue weighted by Gasteiger charge is 2.14. The lowest BCUT2D eigenvalue weighted by molar-refractivity contribution is 0.131. The van der Waals surface area contributed by atoms with Crippen LogP contribution in [0.1, 0.15) is 50.3 Å². The van der Waals surface area contributed by atoms with Crippen LogP contribution < -0.4 is 5.32 Å². The largest absolute Gasteiger partial charge is 0.381 e. The Morgan fingerprint density at radius 3 is 2.89 bits per heavy atom. The molecule has 0 amide bonds. The van der Waals surface area contributed by atoms with E-state index < -0.39 is 0 Å². The summed E-state index contributed by atoms with van der Waals surface area (Å²) in [7, 11) is 0. The van der Waals surface area contributed by atoms with Crippen molar-refractivity contribution in [2.24, 2.45) is 0 Å². The first kappa shape index (κ1) is 14.3. The monoisotopic (exact) mass is 263 g/mol. The number of aromatic nitrogens is 2. The van der Waals surface area contributed by atoms with Crippen molar-refractivity contribution in [1.29, 1.82) is 0 Å². The zero-order valence-corrected chi connectivity index (χ0v) is 12.0.